The summed E-state index contributed by atoms with van der Waals surface area (Å²) in [6.45, 7) is 2.74. The number of hydrogen-bond donors (Lipinski definition) is 0. The van der Waals surface area contributed by atoms with Gasteiger partial charge in [0.25, 0.3) is 0 Å². The SMILES string of the molecule is CCCCOc1cc[c]c(F)c1. The van der Waals surface area contributed by atoms with Gasteiger partial charge in [-0.15, -0.1) is 0 Å². The van der Waals surface area contributed by atoms with Crippen molar-refractivity contribution < 1.29 is 9.13 Å². The Balaban J connectivity index is 2.41. The molecule has 0 aromatic heterocycles. The van der Waals surface area contributed by atoms with E-state index in [4.69, 9.17) is 4.74 Å². The summed E-state index contributed by atoms with van der Waals surface area (Å²) in [5.41, 5.74) is 0. The van der Waals surface area contributed by atoms with E-state index in [0.717, 1.165) is 12.8 Å². The van der Waals surface area contributed by atoms with E-state index in [1.54, 1.807) is 6.07 Å². The van der Waals surface area contributed by atoms with E-state index >= 15 is 0 Å². The van der Waals surface area contributed by atoms with Crippen LogP contribution in [0.25, 0.3) is 0 Å². The number of unbranched alkanes of at least 4 members (excludes halogenated alkanes) is 1. The summed E-state index contributed by atoms with van der Waals surface area (Å²) < 4.78 is 17.8. The molecule has 1 rings (SSSR count). The van der Waals surface area contributed by atoms with Crippen LogP contribution in [0.1, 0.15) is 19.8 Å². The zero-order valence-corrected chi connectivity index (χ0v) is 7.14. The molecule has 0 bridgehead atoms. The Morgan fingerprint density at radius 2 is 2.42 bits per heavy atom. The Morgan fingerprint density at radius 1 is 1.58 bits per heavy atom. The molecule has 12 heavy (non-hydrogen) atoms. The van der Waals surface area contributed by atoms with Gasteiger partial charge in [0.2, 0.25) is 0 Å². The lowest BCUT2D eigenvalue weighted by molar-refractivity contribution is 0.308. The zero-order valence-electron chi connectivity index (χ0n) is 7.14. The van der Waals surface area contributed by atoms with Gasteiger partial charge in [-0.05, 0) is 18.6 Å². The highest BCUT2D eigenvalue weighted by Crippen LogP contribution is 2.11. The Kier molecular flexibility index (Phi) is 3.58. The smallest absolute Gasteiger partial charge is 0.134 e. The van der Waals surface area contributed by atoms with Gasteiger partial charge in [-0.3, -0.25) is 0 Å². The van der Waals surface area contributed by atoms with Crippen LogP contribution in [0.3, 0.4) is 0 Å². The lowest BCUT2D eigenvalue weighted by Gasteiger charge is -2.03. The van der Waals surface area contributed by atoms with Crippen molar-refractivity contribution in [1.29, 1.82) is 0 Å². The van der Waals surface area contributed by atoms with E-state index in [9.17, 15) is 4.39 Å². The molecule has 0 unspecified atom stereocenters. The van der Waals surface area contributed by atoms with E-state index in [2.05, 4.69) is 13.0 Å². The van der Waals surface area contributed by atoms with Crippen molar-refractivity contribution >= 4 is 0 Å². The van der Waals surface area contributed by atoms with Gasteiger partial charge in [-0.2, -0.15) is 0 Å². The molecule has 65 valence electrons. The second-order valence-corrected chi connectivity index (χ2v) is 2.57. The van der Waals surface area contributed by atoms with Crippen molar-refractivity contribution in [3.63, 3.8) is 0 Å². The first-order valence-electron chi connectivity index (χ1n) is 4.13. The third kappa shape index (κ3) is 2.91. The molecule has 0 saturated carbocycles. The van der Waals surface area contributed by atoms with Crippen molar-refractivity contribution in [2.24, 2.45) is 0 Å². The van der Waals surface area contributed by atoms with Crippen LogP contribution in [-0.4, -0.2) is 6.61 Å². The first-order chi connectivity index (χ1) is 5.83. The summed E-state index contributed by atoms with van der Waals surface area (Å²) >= 11 is 0. The highest BCUT2D eigenvalue weighted by Gasteiger charge is 1.94. The largest absolute Gasteiger partial charge is 0.493 e. The average Bonchev–Trinajstić information content (AvgIpc) is 2.05. The minimum Gasteiger partial charge on any atom is -0.493 e. The summed E-state index contributed by atoms with van der Waals surface area (Å²) in [4.78, 5) is 0. The maximum atomic E-state index is 12.5. The Morgan fingerprint density at radius 3 is 3.08 bits per heavy atom. The first-order valence-corrected chi connectivity index (χ1v) is 4.13. The quantitative estimate of drug-likeness (QED) is 0.626. The highest BCUT2D eigenvalue weighted by molar-refractivity contribution is 5.21. The number of hydrogen-bond acceptors (Lipinski definition) is 1. The second-order valence-electron chi connectivity index (χ2n) is 2.57. The minimum atomic E-state index is -0.371. The first kappa shape index (κ1) is 9.04. The van der Waals surface area contributed by atoms with Crippen molar-refractivity contribution in [2.45, 2.75) is 19.8 Å². The van der Waals surface area contributed by atoms with Crippen LogP contribution in [-0.2, 0) is 0 Å². The van der Waals surface area contributed by atoms with Crippen molar-refractivity contribution in [3.05, 3.63) is 30.1 Å². The van der Waals surface area contributed by atoms with Crippen LogP contribution in [0.15, 0.2) is 18.2 Å². The number of halogens is 1. The van der Waals surface area contributed by atoms with Gasteiger partial charge in [0, 0.05) is 12.1 Å². The van der Waals surface area contributed by atoms with Crippen LogP contribution >= 0.6 is 0 Å². The fourth-order valence-electron chi connectivity index (χ4n) is 0.842. The third-order valence-electron chi connectivity index (χ3n) is 1.50. The van der Waals surface area contributed by atoms with Crippen LogP contribution < -0.4 is 4.74 Å². The van der Waals surface area contributed by atoms with Crippen LogP contribution in [0, 0.1) is 11.9 Å². The van der Waals surface area contributed by atoms with Gasteiger partial charge in [0.15, 0.2) is 0 Å². The Bertz CT molecular complexity index is 235. The minimum absolute atomic E-state index is 0.371. The lowest BCUT2D eigenvalue weighted by Crippen LogP contribution is -1.96. The standard InChI is InChI=1S/C10H12FO/c1-2-3-7-12-10-6-4-5-9(11)8-10/h4,6,8H,2-3,7H2,1H3. The molecule has 1 nitrogen and oxygen atoms in total. The normalized spacial score (nSPS) is 9.83. The monoisotopic (exact) mass is 167 g/mol. The van der Waals surface area contributed by atoms with Gasteiger partial charge in [-0.1, -0.05) is 13.3 Å². The average molecular weight is 167 g/mol. The van der Waals surface area contributed by atoms with Crippen molar-refractivity contribution in [3.8, 4) is 5.75 Å². The molecule has 0 amide bonds. The molecular formula is C10H12FO. The third-order valence-corrected chi connectivity index (χ3v) is 1.50. The van der Waals surface area contributed by atoms with E-state index in [1.807, 2.05) is 0 Å². The van der Waals surface area contributed by atoms with E-state index in [-0.39, 0.29) is 5.82 Å². The topological polar surface area (TPSA) is 9.23 Å². The molecule has 0 aliphatic heterocycles. The molecule has 0 N–H and O–H groups in total. The fraction of sp³-hybridized carbons (Fsp3) is 0.400. The molecule has 0 fully saturated rings. The summed E-state index contributed by atoms with van der Waals surface area (Å²) in [5.74, 6) is 0.212. The molecule has 0 atom stereocenters. The molecule has 1 aromatic rings. The van der Waals surface area contributed by atoms with Crippen molar-refractivity contribution in [2.75, 3.05) is 6.61 Å². The molecule has 0 heterocycles. The highest BCUT2D eigenvalue weighted by atomic mass is 19.1. The molecule has 0 aliphatic carbocycles. The number of rotatable bonds is 4. The molecule has 0 saturated heterocycles. The Hall–Kier alpha value is -1.05. The summed E-state index contributed by atoms with van der Waals surface area (Å²) in [6.07, 6.45) is 2.08. The molecule has 0 spiro atoms. The predicted octanol–water partition coefficient (Wildman–Crippen LogP) is 2.80. The maximum absolute atomic E-state index is 12.5. The Labute approximate surface area is 72.2 Å². The fourth-order valence-corrected chi connectivity index (χ4v) is 0.842. The van der Waals surface area contributed by atoms with E-state index in [1.165, 1.54) is 12.1 Å². The van der Waals surface area contributed by atoms with Crippen LogP contribution in [0.5, 0.6) is 5.75 Å². The predicted molar refractivity (Wildman–Crippen MR) is 45.6 cm³/mol. The van der Waals surface area contributed by atoms with Gasteiger partial charge in [-0.25, -0.2) is 4.39 Å². The number of benzene rings is 1. The lowest BCUT2D eigenvalue weighted by atomic mass is 10.3. The molecule has 0 aliphatic rings. The second kappa shape index (κ2) is 4.75. The zero-order chi connectivity index (χ0) is 8.81. The van der Waals surface area contributed by atoms with Gasteiger partial charge < -0.3 is 4.74 Å². The summed E-state index contributed by atoms with van der Waals surface area (Å²) in [6, 6.07) is 6.99. The molecule has 1 radical (unpaired) electrons. The van der Waals surface area contributed by atoms with Crippen molar-refractivity contribution in [1.82, 2.24) is 0 Å². The van der Waals surface area contributed by atoms with Crippen LogP contribution in [0.2, 0.25) is 0 Å². The summed E-state index contributed by atoms with van der Waals surface area (Å²) in [7, 11) is 0. The van der Waals surface area contributed by atoms with Gasteiger partial charge >= 0.3 is 0 Å². The van der Waals surface area contributed by atoms with Crippen LogP contribution in [0.4, 0.5) is 4.39 Å². The molecule has 2 heteroatoms. The van der Waals surface area contributed by atoms with E-state index < -0.39 is 0 Å². The van der Waals surface area contributed by atoms with Gasteiger partial charge in [0.1, 0.15) is 11.6 Å². The maximum Gasteiger partial charge on any atom is 0.134 e. The number of ether oxygens (including phenoxy) is 1. The molecule has 1 aromatic carbocycles. The summed E-state index contributed by atoms with van der Waals surface area (Å²) in [5, 5.41) is 0. The van der Waals surface area contributed by atoms with Gasteiger partial charge in [0.05, 0.1) is 6.61 Å². The van der Waals surface area contributed by atoms with E-state index in [0.29, 0.717) is 12.4 Å². The molecular weight excluding hydrogens is 155 g/mol.